The van der Waals surface area contributed by atoms with E-state index in [0.29, 0.717) is 41.1 Å². The summed E-state index contributed by atoms with van der Waals surface area (Å²) in [6.45, 7) is 16.5. The molecule has 1 aromatic carbocycles. The zero-order chi connectivity index (χ0) is 30.7. The first-order valence-electron chi connectivity index (χ1n) is 14.9. The van der Waals surface area contributed by atoms with Gasteiger partial charge in [0.2, 0.25) is 0 Å². The van der Waals surface area contributed by atoms with Crippen molar-refractivity contribution < 1.29 is 33.4 Å². The van der Waals surface area contributed by atoms with Crippen LogP contribution < -0.4 is 10.2 Å². The van der Waals surface area contributed by atoms with Crippen molar-refractivity contribution in [2.24, 2.45) is 0 Å². The molecule has 4 atom stereocenters. The highest BCUT2D eigenvalue weighted by atomic mass is 35.5. The summed E-state index contributed by atoms with van der Waals surface area (Å²) in [6.07, 6.45) is -1.86. The minimum Gasteiger partial charge on any atom is -0.456 e. The molecule has 0 amide bonds. The molecule has 4 unspecified atom stereocenters. The van der Waals surface area contributed by atoms with E-state index in [-0.39, 0.29) is 19.4 Å². The first-order valence-corrected chi connectivity index (χ1v) is 19.0. The smallest absolute Gasteiger partial charge is 0.456 e. The van der Waals surface area contributed by atoms with Crippen LogP contribution in [0.5, 0.6) is 6.01 Å². The molecule has 2 aromatic heterocycles. The molecular weight excluding hydrogens is 589 g/mol. The summed E-state index contributed by atoms with van der Waals surface area (Å²) in [7, 11) is -1.73. The van der Waals surface area contributed by atoms with Gasteiger partial charge in [-0.25, -0.2) is 4.98 Å². The van der Waals surface area contributed by atoms with Gasteiger partial charge in [-0.05, 0) is 45.3 Å². The van der Waals surface area contributed by atoms with E-state index >= 15 is 0 Å². The Morgan fingerprint density at radius 3 is 2.37 bits per heavy atom. The minimum absolute atomic E-state index is 0.219. The lowest BCUT2D eigenvalue weighted by Gasteiger charge is -2.32. The molecule has 3 aliphatic rings. The van der Waals surface area contributed by atoms with Gasteiger partial charge in [-0.2, -0.15) is 4.98 Å². The molecule has 0 radical (unpaired) electrons. The van der Waals surface area contributed by atoms with Crippen LogP contribution in [0.2, 0.25) is 30.7 Å². The van der Waals surface area contributed by atoms with E-state index in [1.165, 1.54) is 0 Å². The van der Waals surface area contributed by atoms with Crippen LogP contribution in [0.15, 0.2) is 30.3 Å². The molecule has 3 fully saturated rings. The predicted molar refractivity (Wildman–Crippen MR) is 168 cm³/mol. The average Bonchev–Trinajstić information content (AvgIpc) is 3.64. The van der Waals surface area contributed by atoms with Crippen LogP contribution in [0.25, 0.3) is 22.4 Å². The van der Waals surface area contributed by atoms with Crippen molar-refractivity contribution in [3.05, 3.63) is 35.4 Å². The number of aromatic nitrogens is 3. The normalized spacial score (nSPS) is 26.4. The highest BCUT2D eigenvalue weighted by Crippen LogP contribution is 2.37. The van der Waals surface area contributed by atoms with Gasteiger partial charge >= 0.3 is 13.1 Å². The van der Waals surface area contributed by atoms with Gasteiger partial charge in [0.25, 0.3) is 0 Å². The Morgan fingerprint density at radius 1 is 1.02 bits per heavy atom. The summed E-state index contributed by atoms with van der Waals surface area (Å²) in [6, 6.07) is 11.1. The number of halogens is 1. The number of nitrogens with zero attached hydrogens (tertiary/aromatic N) is 3. The number of benzene rings is 1. The summed E-state index contributed by atoms with van der Waals surface area (Å²) in [5, 5.41) is 10.6. The molecule has 3 saturated heterocycles. The van der Waals surface area contributed by atoms with Crippen LogP contribution in [-0.4, -0.2) is 90.3 Å². The molecule has 3 aliphatic heterocycles. The summed E-state index contributed by atoms with van der Waals surface area (Å²) < 4.78 is 38.3. The Balaban J connectivity index is 1.29. The van der Waals surface area contributed by atoms with E-state index in [0.717, 1.165) is 17.1 Å². The number of aliphatic hydroxyl groups is 1. The third kappa shape index (κ3) is 6.13. The molecule has 0 bridgehead atoms. The highest BCUT2D eigenvalue weighted by Gasteiger charge is 2.52. The topological polar surface area (TPSA) is 106 Å². The van der Waals surface area contributed by atoms with Gasteiger partial charge in [-0.15, -0.1) is 0 Å². The Labute approximate surface area is 259 Å². The van der Waals surface area contributed by atoms with Gasteiger partial charge in [-0.3, -0.25) is 4.57 Å². The van der Waals surface area contributed by atoms with Crippen molar-refractivity contribution in [1.29, 1.82) is 0 Å². The lowest BCUT2D eigenvalue weighted by atomic mass is 9.79. The van der Waals surface area contributed by atoms with E-state index in [2.05, 4.69) is 19.6 Å². The maximum atomic E-state index is 10.2. The second-order valence-corrected chi connectivity index (χ2v) is 19.9. The van der Waals surface area contributed by atoms with Gasteiger partial charge < -0.3 is 33.4 Å². The molecule has 232 valence electrons. The molecule has 43 heavy (non-hydrogen) atoms. The van der Waals surface area contributed by atoms with E-state index in [1.807, 2.05) is 56.5 Å². The first-order chi connectivity index (χ1) is 20.2. The van der Waals surface area contributed by atoms with Gasteiger partial charge in [0.1, 0.15) is 30.6 Å². The third-order valence-corrected chi connectivity index (χ3v) is 10.8. The second kappa shape index (κ2) is 11.4. The Morgan fingerprint density at radius 2 is 1.70 bits per heavy atom. The molecule has 0 aliphatic carbocycles. The van der Waals surface area contributed by atoms with Crippen molar-refractivity contribution in [1.82, 2.24) is 14.5 Å². The third-order valence-electron chi connectivity index (χ3n) is 8.80. The number of rotatable bonds is 9. The van der Waals surface area contributed by atoms with Crippen molar-refractivity contribution in [2.45, 2.75) is 95.7 Å². The predicted octanol–water partition coefficient (Wildman–Crippen LogP) is 4.27. The molecule has 5 heterocycles. The van der Waals surface area contributed by atoms with Crippen molar-refractivity contribution in [3.63, 3.8) is 0 Å². The van der Waals surface area contributed by atoms with Crippen LogP contribution in [0.3, 0.4) is 0 Å². The van der Waals surface area contributed by atoms with E-state index in [9.17, 15) is 5.11 Å². The first kappa shape index (κ1) is 31.0. The number of hydrogen-bond acceptors (Lipinski definition) is 9. The second-order valence-electron chi connectivity index (χ2n) is 13.9. The zero-order valence-corrected chi connectivity index (χ0v) is 27.7. The zero-order valence-electron chi connectivity index (χ0n) is 25.9. The molecule has 0 saturated carbocycles. The Kier molecular flexibility index (Phi) is 8.21. The molecular formula is C30H41BClN3O7Si. The summed E-state index contributed by atoms with van der Waals surface area (Å²) in [5.74, 6) is 0. The van der Waals surface area contributed by atoms with E-state index in [4.69, 9.17) is 49.8 Å². The fraction of sp³-hybridized carbons (Fsp3) is 0.600. The molecule has 0 spiro atoms. The van der Waals surface area contributed by atoms with Gasteiger partial charge in [-0.1, -0.05) is 55.5 Å². The SMILES string of the molecule is CC1(C)OB(c2ccc(-c3nc4c(cc3Cl)nc(OC3COC5C(O)COC35)n4COCC[Si](C)(C)C)cc2)OC1(C)C. The maximum absolute atomic E-state index is 10.2. The van der Waals surface area contributed by atoms with Crippen LogP contribution in [0, 0.1) is 0 Å². The summed E-state index contributed by atoms with van der Waals surface area (Å²) in [5.41, 5.74) is 2.74. The van der Waals surface area contributed by atoms with Gasteiger partial charge in [0, 0.05) is 20.2 Å². The molecule has 1 N–H and O–H groups in total. The van der Waals surface area contributed by atoms with Crippen LogP contribution >= 0.6 is 11.6 Å². The minimum atomic E-state index is -1.28. The lowest BCUT2D eigenvalue weighted by Crippen LogP contribution is -2.41. The number of pyridine rings is 1. The van der Waals surface area contributed by atoms with Crippen molar-refractivity contribution in [2.75, 3.05) is 19.8 Å². The average molecular weight is 630 g/mol. The fourth-order valence-electron chi connectivity index (χ4n) is 5.41. The summed E-state index contributed by atoms with van der Waals surface area (Å²) in [4.78, 5) is 9.71. The largest absolute Gasteiger partial charge is 0.494 e. The van der Waals surface area contributed by atoms with E-state index in [1.54, 1.807) is 6.07 Å². The molecule has 13 heteroatoms. The molecule has 10 nitrogen and oxygen atoms in total. The van der Waals surface area contributed by atoms with Crippen LogP contribution in [0.4, 0.5) is 0 Å². The Bertz CT molecular complexity index is 1460. The Hall–Kier alpha value is -2.03. The molecule has 6 rings (SSSR count). The van der Waals surface area contributed by atoms with Crippen LogP contribution in [-0.2, 0) is 30.3 Å². The van der Waals surface area contributed by atoms with Crippen molar-refractivity contribution >= 4 is 43.4 Å². The monoisotopic (exact) mass is 629 g/mol. The molecule has 3 aromatic rings. The standard InChI is InChI=1S/C30H41BClN3O7Si/c1-29(2)30(3,4)42-31(41-29)19-10-8-18(9-11-19)24-20(32)14-21-27(34-24)35(17-37-12-13-43(5,6)7)28(33-21)40-23-16-39-25-22(36)15-38-26(23)25/h8-11,14,22-23,25-26,36H,12-13,15-17H2,1-7H3. The fourth-order valence-corrected chi connectivity index (χ4v) is 6.42. The number of ether oxygens (including phenoxy) is 4. The van der Waals surface area contributed by atoms with Gasteiger partial charge in [0.15, 0.2) is 11.8 Å². The van der Waals surface area contributed by atoms with Crippen molar-refractivity contribution in [3.8, 4) is 17.3 Å². The quantitative estimate of drug-likeness (QED) is 0.274. The summed E-state index contributed by atoms with van der Waals surface area (Å²) >= 11 is 6.78. The lowest BCUT2D eigenvalue weighted by molar-refractivity contribution is 0.00336. The van der Waals surface area contributed by atoms with Gasteiger partial charge in [0.05, 0.1) is 35.1 Å². The van der Waals surface area contributed by atoms with E-state index < -0.39 is 44.7 Å². The highest BCUT2D eigenvalue weighted by molar-refractivity contribution is 6.76. The number of aliphatic hydroxyl groups excluding tert-OH is 1. The maximum Gasteiger partial charge on any atom is 0.494 e. The number of fused-ring (bicyclic) bond motifs is 2. The van der Waals surface area contributed by atoms with Crippen LogP contribution in [0.1, 0.15) is 27.7 Å². The number of hydrogen-bond donors (Lipinski definition) is 1. The number of imidazole rings is 1.